The summed E-state index contributed by atoms with van der Waals surface area (Å²) in [5, 5.41) is 20.1. The molecular formula is C10H18N2O6. The lowest BCUT2D eigenvalue weighted by Crippen LogP contribution is -2.49. The predicted octanol–water partition coefficient (Wildman–Crippen LogP) is -1.69. The smallest absolute Gasteiger partial charge is 0.373 e. The van der Waals surface area contributed by atoms with Crippen LogP contribution in [0.15, 0.2) is 0 Å². The highest BCUT2D eigenvalue weighted by Crippen LogP contribution is 1.95. The van der Waals surface area contributed by atoms with Gasteiger partial charge in [-0.05, 0) is 13.5 Å². The van der Waals surface area contributed by atoms with Crippen molar-refractivity contribution in [1.29, 1.82) is 0 Å². The maximum Gasteiger partial charge on any atom is 0.373 e. The minimum atomic E-state index is -1.03. The molecule has 0 aliphatic carbocycles. The van der Waals surface area contributed by atoms with Gasteiger partial charge in [-0.1, -0.05) is 6.92 Å². The SMILES string of the molecule is CCCNC(=O)[C@H](CO)N(C)CC(=O)O.O=C=O. The lowest BCUT2D eigenvalue weighted by Gasteiger charge is -2.23. The van der Waals surface area contributed by atoms with Gasteiger partial charge in [-0.25, -0.2) is 0 Å². The van der Waals surface area contributed by atoms with Crippen molar-refractivity contribution in [3.63, 3.8) is 0 Å². The Kier molecular flexibility index (Phi) is 12.1. The Morgan fingerprint density at radius 3 is 2.22 bits per heavy atom. The van der Waals surface area contributed by atoms with Gasteiger partial charge in [0.15, 0.2) is 0 Å². The summed E-state index contributed by atoms with van der Waals surface area (Å²) in [6, 6.07) is -0.798. The zero-order chi connectivity index (χ0) is 14.6. The number of nitrogens with one attached hydrogen (secondary N) is 1. The molecule has 104 valence electrons. The van der Waals surface area contributed by atoms with Crippen molar-refractivity contribution >= 4 is 18.0 Å². The van der Waals surface area contributed by atoms with E-state index in [2.05, 4.69) is 5.32 Å². The molecule has 0 spiro atoms. The molecule has 0 aliphatic rings. The van der Waals surface area contributed by atoms with E-state index in [4.69, 9.17) is 19.8 Å². The van der Waals surface area contributed by atoms with Crippen LogP contribution in [0.5, 0.6) is 0 Å². The van der Waals surface area contributed by atoms with Crippen LogP contribution >= 0.6 is 0 Å². The van der Waals surface area contributed by atoms with Crippen LogP contribution in [0.25, 0.3) is 0 Å². The summed E-state index contributed by atoms with van der Waals surface area (Å²) >= 11 is 0. The lowest BCUT2D eigenvalue weighted by atomic mass is 10.2. The largest absolute Gasteiger partial charge is 0.480 e. The molecule has 0 aromatic heterocycles. The van der Waals surface area contributed by atoms with Crippen molar-refractivity contribution in [2.75, 3.05) is 26.7 Å². The number of aliphatic hydroxyl groups excluding tert-OH is 1. The number of hydrogen-bond donors (Lipinski definition) is 3. The van der Waals surface area contributed by atoms with Crippen LogP contribution in [0.4, 0.5) is 0 Å². The molecule has 0 radical (unpaired) electrons. The minimum Gasteiger partial charge on any atom is -0.480 e. The fourth-order valence-electron chi connectivity index (χ4n) is 1.11. The highest BCUT2D eigenvalue weighted by Gasteiger charge is 2.23. The van der Waals surface area contributed by atoms with Gasteiger partial charge in [0.2, 0.25) is 5.91 Å². The number of carboxylic acid groups (broad SMARTS) is 1. The summed E-state index contributed by atoms with van der Waals surface area (Å²) in [6.45, 7) is 1.77. The molecule has 0 bridgehead atoms. The van der Waals surface area contributed by atoms with Crippen molar-refractivity contribution in [1.82, 2.24) is 10.2 Å². The van der Waals surface area contributed by atoms with Gasteiger partial charge in [0, 0.05) is 6.54 Å². The van der Waals surface area contributed by atoms with Gasteiger partial charge >= 0.3 is 12.1 Å². The summed E-state index contributed by atoms with van der Waals surface area (Å²) < 4.78 is 0. The first kappa shape index (κ1) is 18.6. The molecule has 0 aromatic rings. The van der Waals surface area contributed by atoms with E-state index in [1.807, 2.05) is 6.92 Å². The van der Waals surface area contributed by atoms with Gasteiger partial charge in [-0.2, -0.15) is 9.59 Å². The Hall–Kier alpha value is -1.76. The number of carboxylic acids is 1. The van der Waals surface area contributed by atoms with E-state index < -0.39 is 12.0 Å². The Morgan fingerprint density at radius 1 is 1.39 bits per heavy atom. The van der Waals surface area contributed by atoms with Crippen LogP contribution in [0.1, 0.15) is 13.3 Å². The first-order valence-electron chi connectivity index (χ1n) is 5.24. The highest BCUT2D eigenvalue weighted by molar-refractivity contribution is 5.82. The third-order valence-electron chi connectivity index (χ3n) is 1.94. The van der Waals surface area contributed by atoms with E-state index in [1.165, 1.54) is 11.9 Å². The third kappa shape index (κ3) is 9.46. The van der Waals surface area contributed by atoms with E-state index >= 15 is 0 Å². The zero-order valence-electron chi connectivity index (χ0n) is 10.4. The standard InChI is InChI=1S/C9H18N2O4.CO2/c1-3-4-10-9(15)7(6-12)11(2)5-8(13)14;2-1-3/h7,12H,3-6H2,1-2H3,(H,10,15)(H,13,14);/t7-;/m0./s1. The zero-order valence-corrected chi connectivity index (χ0v) is 10.4. The van der Waals surface area contributed by atoms with Crippen molar-refractivity contribution < 1.29 is 29.4 Å². The number of hydrogen-bond acceptors (Lipinski definition) is 6. The van der Waals surface area contributed by atoms with Crippen LogP contribution in [0.2, 0.25) is 0 Å². The fraction of sp³-hybridized carbons (Fsp3) is 0.700. The Balaban J connectivity index is 0. The van der Waals surface area contributed by atoms with Gasteiger partial charge in [-0.15, -0.1) is 0 Å². The van der Waals surface area contributed by atoms with Crippen LogP contribution in [0.3, 0.4) is 0 Å². The van der Waals surface area contributed by atoms with Gasteiger partial charge < -0.3 is 15.5 Å². The molecule has 0 heterocycles. The van der Waals surface area contributed by atoms with E-state index in [0.717, 1.165) is 6.42 Å². The summed E-state index contributed by atoms with van der Waals surface area (Å²) in [7, 11) is 1.49. The predicted molar refractivity (Wildman–Crippen MR) is 59.4 cm³/mol. The van der Waals surface area contributed by atoms with E-state index in [0.29, 0.717) is 6.54 Å². The number of nitrogens with zero attached hydrogens (tertiary/aromatic N) is 1. The Bertz CT molecular complexity index is 288. The first-order valence-corrected chi connectivity index (χ1v) is 5.24. The number of rotatable bonds is 7. The van der Waals surface area contributed by atoms with Gasteiger partial charge in [-0.3, -0.25) is 14.5 Å². The Labute approximate surface area is 105 Å². The monoisotopic (exact) mass is 262 g/mol. The fourth-order valence-corrected chi connectivity index (χ4v) is 1.11. The van der Waals surface area contributed by atoms with Crippen LogP contribution in [-0.2, 0) is 19.2 Å². The maximum atomic E-state index is 11.5. The molecule has 1 amide bonds. The molecule has 0 aliphatic heterocycles. The molecule has 0 saturated carbocycles. The van der Waals surface area contributed by atoms with Crippen molar-refractivity contribution in [3.05, 3.63) is 0 Å². The average Bonchev–Trinajstić information content (AvgIpc) is 2.27. The average molecular weight is 262 g/mol. The summed E-state index contributed by atoms with van der Waals surface area (Å²) in [6.07, 6.45) is 1.05. The molecule has 0 rings (SSSR count). The maximum absolute atomic E-state index is 11.5. The van der Waals surface area contributed by atoms with E-state index in [1.54, 1.807) is 0 Å². The highest BCUT2D eigenvalue weighted by atomic mass is 16.4. The molecular weight excluding hydrogens is 244 g/mol. The van der Waals surface area contributed by atoms with Crippen molar-refractivity contribution in [3.8, 4) is 0 Å². The number of amides is 1. The first-order chi connectivity index (χ1) is 8.44. The van der Waals surface area contributed by atoms with Gasteiger partial charge in [0.25, 0.3) is 0 Å². The van der Waals surface area contributed by atoms with Gasteiger partial charge in [0.05, 0.1) is 13.2 Å². The number of aliphatic hydroxyl groups is 1. The van der Waals surface area contributed by atoms with E-state index in [9.17, 15) is 9.59 Å². The van der Waals surface area contributed by atoms with Crippen molar-refractivity contribution in [2.24, 2.45) is 0 Å². The summed E-state index contributed by atoms with van der Waals surface area (Å²) in [5.41, 5.74) is 0. The molecule has 8 heteroatoms. The molecule has 3 N–H and O–H groups in total. The minimum absolute atomic E-state index is 0.250. The molecule has 0 saturated heterocycles. The molecule has 0 fully saturated rings. The van der Waals surface area contributed by atoms with Crippen LogP contribution in [0, 0.1) is 0 Å². The molecule has 1 atom stereocenters. The van der Waals surface area contributed by atoms with E-state index in [-0.39, 0.29) is 25.2 Å². The molecule has 0 unspecified atom stereocenters. The van der Waals surface area contributed by atoms with Gasteiger partial charge in [0.1, 0.15) is 6.04 Å². The lowest BCUT2D eigenvalue weighted by molar-refractivity contribution is -0.191. The van der Waals surface area contributed by atoms with Crippen LogP contribution < -0.4 is 5.32 Å². The number of carbonyl (C=O) groups excluding carboxylic acids is 3. The number of carbonyl (C=O) groups is 2. The number of likely N-dealkylation sites (N-methyl/N-ethyl adjacent to an activating group) is 1. The summed E-state index contributed by atoms with van der Waals surface area (Å²) in [4.78, 5) is 39.4. The van der Waals surface area contributed by atoms with Crippen LogP contribution in [-0.4, -0.2) is 65.9 Å². The second-order valence-corrected chi connectivity index (χ2v) is 3.38. The number of aliphatic carboxylic acids is 1. The molecule has 18 heavy (non-hydrogen) atoms. The summed E-state index contributed by atoms with van der Waals surface area (Å²) in [5.74, 6) is -1.37. The second-order valence-electron chi connectivity index (χ2n) is 3.38. The molecule has 8 nitrogen and oxygen atoms in total. The topological polar surface area (TPSA) is 124 Å². The quantitative estimate of drug-likeness (QED) is 0.500. The normalized spacial score (nSPS) is 10.9. The van der Waals surface area contributed by atoms with Crippen molar-refractivity contribution in [2.45, 2.75) is 19.4 Å². The molecule has 0 aromatic carbocycles. The second kappa shape index (κ2) is 11.7. The Morgan fingerprint density at radius 2 is 1.89 bits per heavy atom. The third-order valence-corrected chi connectivity index (χ3v) is 1.94.